The third-order valence-electron chi connectivity index (χ3n) is 5.68. The summed E-state index contributed by atoms with van der Waals surface area (Å²) in [6.07, 6.45) is 8.31. The topological polar surface area (TPSA) is 69.1 Å². The Morgan fingerprint density at radius 2 is 2.06 bits per heavy atom. The molecule has 3 nitrogen and oxygen atoms in total. The zero-order valence-corrected chi connectivity index (χ0v) is 9.82. The molecule has 0 aromatic rings. The van der Waals surface area contributed by atoms with E-state index in [4.69, 9.17) is 11.5 Å². The number of fused-ring (bicyclic) bond motifs is 3. The molecule has 1 spiro atoms. The Hall–Kier alpha value is -0.570. The van der Waals surface area contributed by atoms with Crippen LogP contribution in [-0.4, -0.2) is 11.9 Å². The van der Waals surface area contributed by atoms with Crippen LogP contribution in [0.4, 0.5) is 0 Å². The molecule has 90 valence electrons. The monoisotopic (exact) mass is 222 g/mol. The van der Waals surface area contributed by atoms with Crippen LogP contribution in [-0.2, 0) is 4.79 Å². The van der Waals surface area contributed by atoms with E-state index in [0.29, 0.717) is 6.04 Å². The van der Waals surface area contributed by atoms with Crippen molar-refractivity contribution >= 4 is 5.91 Å². The van der Waals surface area contributed by atoms with Gasteiger partial charge in [0.2, 0.25) is 5.91 Å². The summed E-state index contributed by atoms with van der Waals surface area (Å²) in [5.74, 6) is 1.51. The predicted molar refractivity (Wildman–Crippen MR) is 62.4 cm³/mol. The Morgan fingerprint density at radius 1 is 1.25 bits per heavy atom. The van der Waals surface area contributed by atoms with E-state index in [1.807, 2.05) is 0 Å². The van der Waals surface area contributed by atoms with Crippen LogP contribution < -0.4 is 11.5 Å². The quantitative estimate of drug-likeness (QED) is 0.704. The average Bonchev–Trinajstić information content (AvgIpc) is 2.84. The molecule has 3 aliphatic carbocycles. The van der Waals surface area contributed by atoms with Gasteiger partial charge in [-0.25, -0.2) is 0 Å². The molecule has 0 heterocycles. The lowest BCUT2D eigenvalue weighted by atomic mass is 9.59. The molecule has 0 aromatic heterocycles. The number of rotatable bonds is 1. The van der Waals surface area contributed by atoms with E-state index < -0.39 is 0 Å². The van der Waals surface area contributed by atoms with Gasteiger partial charge in [0.05, 0.1) is 0 Å². The minimum absolute atomic E-state index is 0.0964. The first kappa shape index (κ1) is 10.6. The largest absolute Gasteiger partial charge is 0.369 e. The second-order valence-electron chi connectivity index (χ2n) is 6.22. The third-order valence-corrected chi connectivity index (χ3v) is 5.68. The minimum Gasteiger partial charge on any atom is -0.369 e. The maximum Gasteiger partial charge on any atom is 0.220 e. The number of hydrogen-bond donors (Lipinski definition) is 2. The Kier molecular flexibility index (Phi) is 2.29. The standard InChI is InChI=1S/C13H22N2O/c14-11-8-3-4-10(6-8)13(11)5-1-2-9(7-13)12(15)16/h8-11H,1-7,14H2,(H2,15,16)/t8-,9-,10+,11-,13-/m0/s1. The molecule has 3 aliphatic rings. The van der Waals surface area contributed by atoms with Crippen molar-refractivity contribution in [3.8, 4) is 0 Å². The Morgan fingerprint density at radius 3 is 2.69 bits per heavy atom. The molecular weight excluding hydrogens is 200 g/mol. The fourth-order valence-corrected chi connectivity index (χ4v) is 4.86. The molecule has 16 heavy (non-hydrogen) atoms. The van der Waals surface area contributed by atoms with Crippen LogP contribution in [0.5, 0.6) is 0 Å². The van der Waals surface area contributed by atoms with Crippen LogP contribution in [0.1, 0.15) is 44.9 Å². The number of hydrogen-bond acceptors (Lipinski definition) is 2. The van der Waals surface area contributed by atoms with Crippen LogP contribution in [0.25, 0.3) is 0 Å². The molecular formula is C13H22N2O. The molecule has 1 amide bonds. The summed E-state index contributed by atoms with van der Waals surface area (Å²) in [6, 6.07) is 0.341. The van der Waals surface area contributed by atoms with Crippen molar-refractivity contribution in [2.75, 3.05) is 0 Å². The molecule has 0 unspecified atom stereocenters. The van der Waals surface area contributed by atoms with E-state index >= 15 is 0 Å². The summed E-state index contributed by atoms with van der Waals surface area (Å²) < 4.78 is 0. The molecule has 4 N–H and O–H groups in total. The summed E-state index contributed by atoms with van der Waals surface area (Å²) in [7, 11) is 0. The highest BCUT2D eigenvalue weighted by atomic mass is 16.1. The molecule has 3 heteroatoms. The number of nitrogens with two attached hydrogens (primary N) is 2. The Bertz CT molecular complexity index is 313. The second kappa shape index (κ2) is 3.46. The van der Waals surface area contributed by atoms with Crippen molar-refractivity contribution in [1.82, 2.24) is 0 Å². The number of carbonyl (C=O) groups is 1. The number of carbonyl (C=O) groups excluding carboxylic acids is 1. The van der Waals surface area contributed by atoms with E-state index in [2.05, 4.69) is 0 Å². The van der Waals surface area contributed by atoms with E-state index in [1.165, 1.54) is 25.7 Å². The first-order valence-electron chi connectivity index (χ1n) is 6.68. The van der Waals surface area contributed by atoms with Gasteiger partial charge in [0.1, 0.15) is 0 Å². The smallest absolute Gasteiger partial charge is 0.220 e. The number of amides is 1. The maximum absolute atomic E-state index is 11.4. The fourth-order valence-electron chi connectivity index (χ4n) is 4.86. The summed E-state index contributed by atoms with van der Waals surface area (Å²) in [6.45, 7) is 0. The zero-order valence-electron chi connectivity index (χ0n) is 9.82. The molecule has 0 aromatic carbocycles. The lowest BCUT2D eigenvalue weighted by molar-refractivity contribution is -0.125. The summed E-state index contributed by atoms with van der Waals surface area (Å²) in [5, 5.41) is 0. The Balaban J connectivity index is 1.85. The minimum atomic E-state index is -0.103. The molecule has 0 aliphatic heterocycles. The first-order valence-corrected chi connectivity index (χ1v) is 6.68. The highest BCUT2D eigenvalue weighted by Crippen LogP contribution is 2.61. The van der Waals surface area contributed by atoms with Gasteiger partial charge in [-0.3, -0.25) is 4.79 Å². The SMILES string of the molecule is NC(=O)[C@H]1CCC[C@]2(C1)[C@@H]1CC[C@@H](C1)[C@@H]2N. The van der Waals surface area contributed by atoms with Gasteiger partial charge in [-0.15, -0.1) is 0 Å². The van der Waals surface area contributed by atoms with E-state index in [-0.39, 0.29) is 17.2 Å². The van der Waals surface area contributed by atoms with Crippen molar-refractivity contribution in [1.29, 1.82) is 0 Å². The van der Waals surface area contributed by atoms with Crippen molar-refractivity contribution in [3.05, 3.63) is 0 Å². The highest BCUT2D eigenvalue weighted by Gasteiger charge is 2.57. The molecule has 5 atom stereocenters. The number of primary amides is 1. The van der Waals surface area contributed by atoms with Crippen molar-refractivity contribution in [2.24, 2.45) is 34.6 Å². The first-order chi connectivity index (χ1) is 7.63. The predicted octanol–water partition coefficient (Wildman–Crippen LogP) is 1.41. The van der Waals surface area contributed by atoms with Crippen molar-refractivity contribution in [2.45, 2.75) is 51.0 Å². The molecule has 3 rings (SSSR count). The highest BCUT2D eigenvalue weighted by molar-refractivity contribution is 5.76. The van der Waals surface area contributed by atoms with E-state index in [9.17, 15) is 4.79 Å². The van der Waals surface area contributed by atoms with Crippen molar-refractivity contribution in [3.63, 3.8) is 0 Å². The summed E-state index contributed by atoms with van der Waals surface area (Å²) in [4.78, 5) is 11.4. The van der Waals surface area contributed by atoms with Crippen LogP contribution in [0.15, 0.2) is 0 Å². The second-order valence-corrected chi connectivity index (χ2v) is 6.22. The van der Waals surface area contributed by atoms with Crippen molar-refractivity contribution < 1.29 is 4.79 Å². The van der Waals surface area contributed by atoms with E-state index in [0.717, 1.165) is 31.1 Å². The zero-order chi connectivity index (χ0) is 11.3. The molecule has 3 saturated carbocycles. The van der Waals surface area contributed by atoms with Gasteiger partial charge in [0.15, 0.2) is 0 Å². The molecule has 2 bridgehead atoms. The third kappa shape index (κ3) is 1.27. The van der Waals surface area contributed by atoms with Crippen LogP contribution >= 0.6 is 0 Å². The van der Waals surface area contributed by atoms with Gasteiger partial charge in [-0.2, -0.15) is 0 Å². The maximum atomic E-state index is 11.4. The Labute approximate surface area is 96.9 Å². The van der Waals surface area contributed by atoms with E-state index in [1.54, 1.807) is 0 Å². The normalized spacial score (nSPS) is 51.1. The van der Waals surface area contributed by atoms with Gasteiger partial charge in [0, 0.05) is 12.0 Å². The average molecular weight is 222 g/mol. The lowest BCUT2D eigenvalue weighted by Gasteiger charge is -2.47. The summed E-state index contributed by atoms with van der Waals surface area (Å²) >= 11 is 0. The van der Waals surface area contributed by atoms with Gasteiger partial charge in [-0.1, -0.05) is 6.42 Å². The van der Waals surface area contributed by atoms with Gasteiger partial charge in [0.25, 0.3) is 0 Å². The van der Waals surface area contributed by atoms with Crippen LogP contribution in [0, 0.1) is 23.2 Å². The lowest BCUT2D eigenvalue weighted by Crippen LogP contribution is -2.50. The summed E-state index contributed by atoms with van der Waals surface area (Å²) in [5.41, 5.74) is 12.2. The molecule has 3 fully saturated rings. The molecule has 0 saturated heterocycles. The van der Waals surface area contributed by atoms with Crippen LogP contribution in [0.3, 0.4) is 0 Å². The van der Waals surface area contributed by atoms with Crippen LogP contribution in [0.2, 0.25) is 0 Å². The fraction of sp³-hybridized carbons (Fsp3) is 0.923. The van der Waals surface area contributed by atoms with Gasteiger partial charge < -0.3 is 11.5 Å². The van der Waals surface area contributed by atoms with Gasteiger partial charge >= 0.3 is 0 Å². The van der Waals surface area contributed by atoms with Gasteiger partial charge in [-0.05, 0) is 55.8 Å². The molecule has 0 radical (unpaired) electrons.